The van der Waals surface area contributed by atoms with Gasteiger partial charge in [-0.05, 0) is 34.6 Å². The topological polar surface area (TPSA) is 110 Å². The summed E-state index contributed by atoms with van der Waals surface area (Å²) in [6, 6.07) is 1.63. The zero-order valence-electron chi connectivity index (χ0n) is 15.6. The Morgan fingerprint density at radius 3 is 2.58 bits per heavy atom. The summed E-state index contributed by atoms with van der Waals surface area (Å²) in [5.41, 5.74) is -0.609. The molecule has 2 aromatic rings. The lowest BCUT2D eigenvalue weighted by Gasteiger charge is -2.24. The van der Waals surface area contributed by atoms with Crippen molar-refractivity contribution in [1.29, 1.82) is 0 Å². The maximum absolute atomic E-state index is 12.8. The number of H-pyrrole nitrogens is 1. The summed E-state index contributed by atoms with van der Waals surface area (Å²) in [6.45, 7) is 8.65. The quantitative estimate of drug-likeness (QED) is 0.876. The SMILES string of the molecule is COc1cc(-c2ncc3c(n2)N(C(=O)OC(C)(C)C)C(=O)C3(C)C)[nH]n1. The van der Waals surface area contributed by atoms with Crippen LogP contribution in [0.4, 0.5) is 10.6 Å². The number of ether oxygens (including phenoxy) is 2. The Kier molecular flexibility index (Phi) is 3.97. The van der Waals surface area contributed by atoms with Gasteiger partial charge in [0.1, 0.15) is 11.3 Å². The third kappa shape index (κ3) is 2.89. The highest BCUT2D eigenvalue weighted by atomic mass is 16.6. The van der Waals surface area contributed by atoms with Crippen molar-refractivity contribution in [3.05, 3.63) is 17.8 Å². The minimum absolute atomic E-state index is 0.216. The second kappa shape index (κ2) is 5.79. The van der Waals surface area contributed by atoms with E-state index < -0.39 is 23.0 Å². The van der Waals surface area contributed by atoms with Crippen molar-refractivity contribution in [2.45, 2.75) is 45.6 Å². The van der Waals surface area contributed by atoms with E-state index in [9.17, 15) is 9.59 Å². The zero-order chi connectivity index (χ0) is 19.3. The van der Waals surface area contributed by atoms with Gasteiger partial charge in [-0.25, -0.2) is 14.8 Å². The molecule has 9 nitrogen and oxygen atoms in total. The van der Waals surface area contributed by atoms with E-state index in [0.717, 1.165) is 4.90 Å². The lowest BCUT2D eigenvalue weighted by atomic mass is 9.88. The monoisotopic (exact) mass is 359 g/mol. The molecule has 0 fully saturated rings. The van der Waals surface area contributed by atoms with E-state index >= 15 is 0 Å². The molecule has 0 aliphatic carbocycles. The van der Waals surface area contributed by atoms with E-state index in [1.807, 2.05) is 0 Å². The average Bonchev–Trinajstić information content (AvgIpc) is 3.08. The van der Waals surface area contributed by atoms with Gasteiger partial charge in [0.05, 0.1) is 12.5 Å². The molecule has 0 unspecified atom stereocenters. The van der Waals surface area contributed by atoms with E-state index in [2.05, 4.69) is 20.2 Å². The normalized spacial score (nSPS) is 15.8. The van der Waals surface area contributed by atoms with Gasteiger partial charge in [0.2, 0.25) is 11.8 Å². The number of nitrogens with zero attached hydrogens (tertiary/aromatic N) is 4. The minimum atomic E-state index is -0.934. The van der Waals surface area contributed by atoms with Crippen molar-refractivity contribution in [3.63, 3.8) is 0 Å². The standard InChI is InChI=1S/C17H21N5O4/c1-16(2,3)26-15(24)22-13-9(17(4,5)14(22)23)8-18-12(19-13)10-7-11(25-6)21-20-10/h7-8H,1-6H3,(H,20,21). The lowest BCUT2D eigenvalue weighted by molar-refractivity contribution is -0.121. The van der Waals surface area contributed by atoms with Crippen LogP contribution in [0.2, 0.25) is 0 Å². The number of aromatic nitrogens is 4. The van der Waals surface area contributed by atoms with E-state index in [-0.39, 0.29) is 5.82 Å². The second-order valence-corrected chi connectivity index (χ2v) is 7.50. The molecular formula is C17H21N5O4. The van der Waals surface area contributed by atoms with E-state index in [1.165, 1.54) is 7.11 Å². The molecular weight excluding hydrogens is 338 g/mol. The van der Waals surface area contributed by atoms with Gasteiger partial charge in [-0.15, -0.1) is 5.10 Å². The molecule has 3 rings (SSSR count). The fourth-order valence-electron chi connectivity index (χ4n) is 2.60. The number of fused-ring (bicyclic) bond motifs is 1. The number of hydrogen-bond donors (Lipinski definition) is 1. The van der Waals surface area contributed by atoms with Crippen LogP contribution in [0.25, 0.3) is 11.5 Å². The largest absolute Gasteiger partial charge is 0.480 e. The van der Waals surface area contributed by atoms with Gasteiger partial charge >= 0.3 is 6.09 Å². The highest BCUT2D eigenvalue weighted by Gasteiger charge is 2.49. The molecule has 0 radical (unpaired) electrons. The lowest BCUT2D eigenvalue weighted by Crippen LogP contribution is -2.43. The third-order valence-corrected chi connectivity index (χ3v) is 3.97. The van der Waals surface area contributed by atoms with Crippen LogP contribution in [0.3, 0.4) is 0 Å². The molecule has 0 saturated heterocycles. The number of aromatic amines is 1. The molecule has 0 spiro atoms. The molecule has 2 aromatic heterocycles. The van der Waals surface area contributed by atoms with Crippen molar-refractivity contribution in [2.75, 3.05) is 12.0 Å². The van der Waals surface area contributed by atoms with Gasteiger partial charge < -0.3 is 9.47 Å². The van der Waals surface area contributed by atoms with E-state index in [4.69, 9.17) is 9.47 Å². The van der Waals surface area contributed by atoms with Gasteiger partial charge in [0.25, 0.3) is 0 Å². The van der Waals surface area contributed by atoms with Gasteiger partial charge in [-0.1, -0.05) is 0 Å². The van der Waals surface area contributed by atoms with E-state index in [1.54, 1.807) is 46.9 Å². The van der Waals surface area contributed by atoms with Crippen molar-refractivity contribution in [2.24, 2.45) is 0 Å². The summed E-state index contributed by atoms with van der Waals surface area (Å²) in [7, 11) is 1.49. The maximum Gasteiger partial charge on any atom is 0.423 e. The number of amides is 2. The summed E-state index contributed by atoms with van der Waals surface area (Å²) in [5, 5.41) is 6.71. The second-order valence-electron chi connectivity index (χ2n) is 7.50. The van der Waals surface area contributed by atoms with Crippen LogP contribution in [0.5, 0.6) is 5.88 Å². The number of nitrogens with one attached hydrogen (secondary N) is 1. The molecule has 2 amide bonds. The van der Waals surface area contributed by atoms with Crippen LogP contribution < -0.4 is 9.64 Å². The Morgan fingerprint density at radius 1 is 1.31 bits per heavy atom. The fraction of sp³-hybridized carbons (Fsp3) is 0.471. The molecule has 0 saturated carbocycles. The average molecular weight is 359 g/mol. The molecule has 0 bridgehead atoms. The van der Waals surface area contributed by atoms with Crippen molar-refractivity contribution >= 4 is 17.8 Å². The Balaban J connectivity index is 2.07. The van der Waals surface area contributed by atoms with Gasteiger partial charge in [-0.3, -0.25) is 9.89 Å². The molecule has 0 atom stereocenters. The number of rotatable bonds is 2. The molecule has 138 valence electrons. The van der Waals surface area contributed by atoms with Gasteiger partial charge in [-0.2, -0.15) is 4.90 Å². The van der Waals surface area contributed by atoms with Gasteiger partial charge in [0.15, 0.2) is 11.6 Å². The number of carbonyl (C=O) groups is 2. The highest BCUT2D eigenvalue weighted by Crippen LogP contribution is 2.41. The highest BCUT2D eigenvalue weighted by molar-refractivity contribution is 6.20. The molecule has 0 aromatic carbocycles. The predicted octanol–water partition coefficient (Wildman–Crippen LogP) is 2.43. The first kappa shape index (κ1) is 17.8. The number of carbonyl (C=O) groups excluding carboxylic acids is 2. The third-order valence-electron chi connectivity index (χ3n) is 3.97. The maximum atomic E-state index is 12.8. The Bertz CT molecular complexity index is 882. The van der Waals surface area contributed by atoms with Crippen LogP contribution in [0, 0.1) is 0 Å². The summed E-state index contributed by atoms with van der Waals surface area (Å²) in [5.74, 6) is 0.478. The number of imide groups is 1. The first-order valence-electron chi connectivity index (χ1n) is 8.09. The van der Waals surface area contributed by atoms with E-state index in [0.29, 0.717) is 23.0 Å². The summed E-state index contributed by atoms with van der Waals surface area (Å²) in [6.07, 6.45) is 0.786. The first-order chi connectivity index (χ1) is 12.0. The summed E-state index contributed by atoms with van der Waals surface area (Å²) >= 11 is 0. The zero-order valence-corrected chi connectivity index (χ0v) is 15.6. The number of hydrogen-bond acceptors (Lipinski definition) is 7. The van der Waals surface area contributed by atoms with Crippen molar-refractivity contribution in [3.8, 4) is 17.4 Å². The molecule has 1 aliphatic heterocycles. The van der Waals surface area contributed by atoms with Crippen molar-refractivity contribution in [1.82, 2.24) is 20.2 Å². The first-order valence-corrected chi connectivity index (χ1v) is 8.09. The van der Waals surface area contributed by atoms with Gasteiger partial charge in [0, 0.05) is 17.8 Å². The Labute approximate surface area is 150 Å². The molecule has 1 aliphatic rings. The summed E-state index contributed by atoms with van der Waals surface area (Å²) < 4.78 is 10.4. The number of anilines is 1. The minimum Gasteiger partial charge on any atom is -0.480 e. The summed E-state index contributed by atoms with van der Waals surface area (Å²) in [4.78, 5) is 35.1. The smallest absolute Gasteiger partial charge is 0.423 e. The van der Waals surface area contributed by atoms with Crippen LogP contribution in [-0.4, -0.2) is 44.9 Å². The van der Waals surface area contributed by atoms with Crippen LogP contribution in [-0.2, 0) is 14.9 Å². The molecule has 26 heavy (non-hydrogen) atoms. The van der Waals surface area contributed by atoms with Crippen LogP contribution in [0.1, 0.15) is 40.2 Å². The fourth-order valence-corrected chi connectivity index (χ4v) is 2.60. The molecule has 9 heteroatoms. The molecule has 3 heterocycles. The Morgan fingerprint density at radius 2 is 2.00 bits per heavy atom. The Hall–Kier alpha value is -2.97. The van der Waals surface area contributed by atoms with Crippen LogP contribution in [0.15, 0.2) is 12.3 Å². The predicted molar refractivity (Wildman–Crippen MR) is 92.9 cm³/mol. The molecule has 1 N–H and O–H groups in total. The number of methoxy groups -OCH3 is 1. The van der Waals surface area contributed by atoms with Crippen LogP contribution >= 0.6 is 0 Å². The van der Waals surface area contributed by atoms with Crippen molar-refractivity contribution < 1.29 is 19.1 Å².